The van der Waals surface area contributed by atoms with Gasteiger partial charge in [-0.3, -0.25) is 4.79 Å². The summed E-state index contributed by atoms with van der Waals surface area (Å²) >= 11 is 1.31. The molecular weight excluding hydrogens is 364 g/mol. The molecule has 0 radical (unpaired) electrons. The molecule has 0 unspecified atom stereocenters. The van der Waals surface area contributed by atoms with Gasteiger partial charge in [-0.25, -0.2) is 4.98 Å². The first-order valence-corrected chi connectivity index (χ1v) is 8.77. The number of carbonyl (C=O) groups is 1. The SMILES string of the molecule is COc1ccc2nc(C(=O)Nc3ccc(C(C)=NN=C(N)N)cc3)sc2c1. The van der Waals surface area contributed by atoms with Crippen LogP contribution in [0.15, 0.2) is 52.7 Å². The molecule has 3 rings (SSSR count). The summed E-state index contributed by atoms with van der Waals surface area (Å²) in [6.45, 7) is 1.79. The number of aromatic nitrogens is 1. The molecule has 1 heterocycles. The lowest BCUT2D eigenvalue weighted by molar-refractivity contribution is 0.102. The van der Waals surface area contributed by atoms with Crippen LogP contribution in [0.5, 0.6) is 5.75 Å². The molecule has 0 spiro atoms. The number of methoxy groups -OCH3 is 1. The number of nitrogens with one attached hydrogen (secondary N) is 1. The molecule has 1 amide bonds. The van der Waals surface area contributed by atoms with Crippen LogP contribution in [0, 0.1) is 0 Å². The maximum Gasteiger partial charge on any atom is 0.284 e. The van der Waals surface area contributed by atoms with E-state index in [1.807, 2.05) is 30.3 Å². The Labute approximate surface area is 159 Å². The number of ether oxygens (including phenoxy) is 1. The van der Waals surface area contributed by atoms with Crippen molar-refractivity contribution in [3.05, 3.63) is 53.0 Å². The van der Waals surface area contributed by atoms with E-state index in [-0.39, 0.29) is 11.9 Å². The number of hydrogen-bond donors (Lipinski definition) is 3. The van der Waals surface area contributed by atoms with E-state index in [2.05, 4.69) is 20.5 Å². The minimum atomic E-state index is -0.270. The van der Waals surface area contributed by atoms with Gasteiger partial charge in [-0.2, -0.15) is 5.10 Å². The topological polar surface area (TPSA) is 128 Å². The fraction of sp³-hybridized carbons (Fsp3) is 0.111. The van der Waals surface area contributed by atoms with Crippen LogP contribution in [0.4, 0.5) is 5.69 Å². The second kappa shape index (κ2) is 7.83. The van der Waals surface area contributed by atoms with Crippen LogP contribution in [0.1, 0.15) is 22.3 Å². The van der Waals surface area contributed by atoms with E-state index in [9.17, 15) is 4.79 Å². The number of fused-ring (bicyclic) bond motifs is 1. The van der Waals surface area contributed by atoms with Crippen molar-refractivity contribution < 1.29 is 9.53 Å². The standard InChI is InChI=1S/C18H18N6O2S/c1-10(23-24-18(19)20)11-3-5-12(6-4-11)21-16(25)17-22-14-8-7-13(26-2)9-15(14)27-17/h3-9H,1-2H3,(H,21,25)(H4,19,20,24). The molecule has 0 saturated carbocycles. The zero-order chi connectivity index (χ0) is 19.4. The Morgan fingerprint density at radius 2 is 1.89 bits per heavy atom. The third-order valence-corrected chi connectivity index (χ3v) is 4.68. The highest BCUT2D eigenvalue weighted by atomic mass is 32.1. The van der Waals surface area contributed by atoms with E-state index in [0.717, 1.165) is 21.5 Å². The zero-order valence-electron chi connectivity index (χ0n) is 14.8. The lowest BCUT2D eigenvalue weighted by Gasteiger charge is -2.04. The van der Waals surface area contributed by atoms with Crippen LogP contribution in [0.25, 0.3) is 10.2 Å². The fourth-order valence-electron chi connectivity index (χ4n) is 2.30. The van der Waals surface area contributed by atoms with Gasteiger partial charge < -0.3 is 21.5 Å². The van der Waals surface area contributed by atoms with Crippen molar-refractivity contribution in [2.24, 2.45) is 21.7 Å². The molecule has 0 fully saturated rings. The summed E-state index contributed by atoms with van der Waals surface area (Å²) in [7, 11) is 1.60. The predicted molar refractivity (Wildman–Crippen MR) is 109 cm³/mol. The fourth-order valence-corrected chi connectivity index (χ4v) is 3.19. The van der Waals surface area contributed by atoms with Crippen molar-refractivity contribution in [1.82, 2.24) is 4.98 Å². The predicted octanol–water partition coefficient (Wildman–Crippen LogP) is 2.55. The average Bonchev–Trinajstić information content (AvgIpc) is 3.10. The molecular formula is C18H18N6O2S. The van der Waals surface area contributed by atoms with Crippen molar-refractivity contribution in [2.75, 3.05) is 12.4 Å². The number of nitrogens with two attached hydrogens (primary N) is 2. The van der Waals surface area contributed by atoms with Crippen molar-refractivity contribution in [1.29, 1.82) is 0 Å². The number of rotatable bonds is 5. The summed E-state index contributed by atoms with van der Waals surface area (Å²) in [4.78, 5) is 16.8. The summed E-state index contributed by atoms with van der Waals surface area (Å²) in [6, 6.07) is 12.7. The Morgan fingerprint density at radius 3 is 2.56 bits per heavy atom. The largest absolute Gasteiger partial charge is 0.497 e. The maximum atomic E-state index is 12.5. The van der Waals surface area contributed by atoms with Crippen LogP contribution < -0.4 is 21.5 Å². The minimum absolute atomic E-state index is 0.105. The third kappa shape index (κ3) is 4.39. The highest BCUT2D eigenvalue weighted by Crippen LogP contribution is 2.26. The first-order chi connectivity index (χ1) is 13.0. The molecule has 5 N–H and O–H groups in total. The Bertz CT molecular complexity index is 1040. The molecule has 0 aliphatic rings. The van der Waals surface area contributed by atoms with Crippen LogP contribution in [0.2, 0.25) is 0 Å². The number of thiazole rings is 1. The quantitative estimate of drug-likeness (QED) is 0.355. The van der Waals surface area contributed by atoms with E-state index in [1.165, 1.54) is 11.3 Å². The van der Waals surface area contributed by atoms with Crippen LogP contribution >= 0.6 is 11.3 Å². The number of amides is 1. The van der Waals surface area contributed by atoms with Gasteiger partial charge in [0.05, 0.1) is 23.0 Å². The highest BCUT2D eigenvalue weighted by molar-refractivity contribution is 7.20. The monoisotopic (exact) mass is 382 g/mol. The lowest BCUT2D eigenvalue weighted by Crippen LogP contribution is -2.22. The smallest absolute Gasteiger partial charge is 0.284 e. The maximum absolute atomic E-state index is 12.5. The second-order valence-electron chi connectivity index (χ2n) is 5.59. The summed E-state index contributed by atoms with van der Waals surface area (Å²) < 4.78 is 6.09. The summed E-state index contributed by atoms with van der Waals surface area (Å²) in [6.07, 6.45) is 0. The zero-order valence-corrected chi connectivity index (χ0v) is 15.6. The van der Waals surface area contributed by atoms with Gasteiger partial charge in [-0.05, 0) is 42.8 Å². The van der Waals surface area contributed by atoms with Gasteiger partial charge in [0.2, 0.25) is 5.96 Å². The molecule has 3 aromatic rings. The van der Waals surface area contributed by atoms with Gasteiger partial charge in [-0.15, -0.1) is 16.4 Å². The molecule has 8 nitrogen and oxygen atoms in total. The van der Waals surface area contributed by atoms with Gasteiger partial charge in [-0.1, -0.05) is 12.1 Å². The molecule has 9 heteroatoms. The number of carbonyl (C=O) groups excluding carboxylic acids is 1. The molecule has 0 aliphatic heterocycles. The van der Waals surface area contributed by atoms with Crippen molar-refractivity contribution in [3.8, 4) is 5.75 Å². The molecule has 0 saturated heterocycles. The van der Waals surface area contributed by atoms with Gasteiger partial charge in [0.15, 0.2) is 5.01 Å². The summed E-state index contributed by atoms with van der Waals surface area (Å²) in [5, 5.41) is 10.8. The Hall–Kier alpha value is -3.46. The lowest BCUT2D eigenvalue weighted by atomic mass is 10.1. The van der Waals surface area contributed by atoms with Crippen molar-refractivity contribution in [3.63, 3.8) is 0 Å². The molecule has 0 aliphatic carbocycles. The molecule has 0 bridgehead atoms. The minimum Gasteiger partial charge on any atom is -0.497 e. The number of anilines is 1. The van der Waals surface area contributed by atoms with E-state index in [1.54, 1.807) is 26.2 Å². The van der Waals surface area contributed by atoms with Crippen molar-refractivity contribution >= 4 is 44.8 Å². The third-order valence-electron chi connectivity index (χ3n) is 3.67. The summed E-state index contributed by atoms with van der Waals surface area (Å²) in [5.74, 6) is 0.354. The molecule has 138 valence electrons. The molecule has 1 aromatic heterocycles. The Balaban J connectivity index is 1.74. The van der Waals surface area contributed by atoms with E-state index in [0.29, 0.717) is 16.4 Å². The first-order valence-electron chi connectivity index (χ1n) is 7.96. The number of nitrogens with zero attached hydrogens (tertiary/aromatic N) is 3. The first kappa shape index (κ1) is 18.3. The summed E-state index contributed by atoms with van der Waals surface area (Å²) in [5.41, 5.74) is 13.4. The molecule has 0 atom stereocenters. The van der Waals surface area contributed by atoms with Crippen LogP contribution in [-0.2, 0) is 0 Å². The molecule has 2 aromatic carbocycles. The number of guanidine groups is 1. The Morgan fingerprint density at radius 1 is 1.15 bits per heavy atom. The van der Waals surface area contributed by atoms with Gasteiger partial charge in [0, 0.05) is 5.69 Å². The van der Waals surface area contributed by atoms with Crippen molar-refractivity contribution in [2.45, 2.75) is 6.92 Å². The Kier molecular flexibility index (Phi) is 5.32. The number of benzene rings is 2. The number of hydrogen-bond acceptors (Lipinski definition) is 6. The van der Waals surface area contributed by atoms with E-state index in [4.69, 9.17) is 16.2 Å². The normalized spacial score (nSPS) is 11.3. The van der Waals surface area contributed by atoms with Crippen LogP contribution in [-0.4, -0.2) is 29.7 Å². The van der Waals surface area contributed by atoms with Gasteiger partial charge >= 0.3 is 0 Å². The second-order valence-corrected chi connectivity index (χ2v) is 6.63. The average molecular weight is 382 g/mol. The van der Waals surface area contributed by atoms with Gasteiger partial charge in [0.1, 0.15) is 5.75 Å². The van der Waals surface area contributed by atoms with E-state index >= 15 is 0 Å². The highest BCUT2D eigenvalue weighted by Gasteiger charge is 2.13. The van der Waals surface area contributed by atoms with Gasteiger partial charge in [0.25, 0.3) is 5.91 Å². The van der Waals surface area contributed by atoms with Crippen LogP contribution in [0.3, 0.4) is 0 Å². The molecule has 27 heavy (non-hydrogen) atoms. The van der Waals surface area contributed by atoms with E-state index < -0.39 is 0 Å².